The van der Waals surface area contributed by atoms with E-state index in [9.17, 15) is 13.2 Å². The van der Waals surface area contributed by atoms with Crippen LogP contribution in [0.2, 0.25) is 0 Å². The van der Waals surface area contributed by atoms with Gasteiger partial charge in [-0.2, -0.15) is 0 Å². The number of hydrogen-bond donors (Lipinski definition) is 1. The van der Waals surface area contributed by atoms with Crippen LogP contribution in [0.4, 0.5) is 5.69 Å². The van der Waals surface area contributed by atoms with E-state index in [4.69, 9.17) is 9.88 Å². The first kappa shape index (κ1) is 17.7. The summed E-state index contributed by atoms with van der Waals surface area (Å²) >= 11 is 0. The number of esters is 1. The summed E-state index contributed by atoms with van der Waals surface area (Å²) in [7, 11) is -3.64. The van der Waals surface area contributed by atoms with Crippen LogP contribution in [0.1, 0.15) is 38.2 Å². The SMILES string of the molecule is CCOC(=O)CCCCCN1CCc2cc(S(N)(=O)=O)ccc21. The van der Waals surface area contributed by atoms with Crippen LogP contribution < -0.4 is 10.0 Å². The van der Waals surface area contributed by atoms with Gasteiger partial charge in [0.2, 0.25) is 10.0 Å². The highest BCUT2D eigenvalue weighted by Crippen LogP contribution is 2.30. The van der Waals surface area contributed by atoms with Crippen molar-refractivity contribution in [2.45, 2.75) is 43.9 Å². The molecule has 0 atom stereocenters. The smallest absolute Gasteiger partial charge is 0.305 e. The molecule has 23 heavy (non-hydrogen) atoms. The Kier molecular flexibility index (Phi) is 6.01. The van der Waals surface area contributed by atoms with Gasteiger partial charge in [0.05, 0.1) is 11.5 Å². The summed E-state index contributed by atoms with van der Waals surface area (Å²) in [5.41, 5.74) is 2.12. The van der Waals surface area contributed by atoms with Crippen molar-refractivity contribution in [1.29, 1.82) is 0 Å². The van der Waals surface area contributed by atoms with E-state index in [0.29, 0.717) is 13.0 Å². The molecule has 0 unspecified atom stereocenters. The number of nitrogens with two attached hydrogens (primary N) is 1. The van der Waals surface area contributed by atoms with Crippen molar-refractivity contribution in [3.8, 4) is 0 Å². The number of benzene rings is 1. The molecular formula is C16H24N2O4S. The second-order valence-corrected chi connectivity index (χ2v) is 7.25. The van der Waals surface area contributed by atoms with Gasteiger partial charge in [-0.3, -0.25) is 4.79 Å². The lowest BCUT2D eigenvalue weighted by molar-refractivity contribution is -0.143. The third-order valence-electron chi connectivity index (χ3n) is 3.99. The summed E-state index contributed by atoms with van der Waals surface area (Å²) in [6, 6.07) is 5.07. The standard InChI is InChI=1S/C16H24N2O4S/c1-2-22-16(19)6-4-3-5-10-18-11-9-13-12-14(23(17,20)21)7-8-15(13)18/h7-8,12H,2-6,9-11H2,1H3,(H2,17,20,21). The number of nitrogens with zero attached hydrogens (tertiary/aromatic N) is 1. The molecule has 2 N–H and O–H groups in total. The van der Waals surface area contributed by atoms with Gasteiger partial charge in [-0.1, -0.05) is 6.42 Å². The van der Waals surface area contributed by atoms with Crippen LogP contribution in [-0.4, -0.2) is 34.1 Å². The molecule has 1 aromatic rings. The fourth-order valence-electron chi connectivity index (χ4n) is 2.84. The molecule has 0 fully saturated rings. The van der Waals surface area contributed by atoms with Crippen LogP contribution in [0.5, 0.6) is 0 Å². The molecule has 7 heteroatoms. The lowest BCUT2D eigenvalue weighted by Crippen LogP contribution is -2.21. The van der Waals surface area contributed by atoms with Gasteiger partial charge in [0.1, 0.15) is 0 Å². The number of carbonyl (C=O) groups is 1. The van der Waals surface area contributed by atoms with E-state index in [1.165, 1.54) is 0 Å². The molecule has 1 aliphatic heterocycles. The maximum absolute atomic E-state index is 11.4. The van der Waals surface area contributed by atoms with Crippen molar-refractivity contribution in [3.05, 3.63) is 23.8 Å². The van der Waals surface area contributed by atoms with E-state index in [1.54, 1.807) is 12.1 Å². The molecule has 6 nitrogen and oxygen atoms in total. The monoisotopic (exact) mass is 340 g/mol. The third kappa shape index (κ3) is 4.94. The van der Waals surface area contributed by atoms with Crippen LogP contribution in [0, 0.1) is 0 Å². The normalized spacial score (nSPS) is 13.9. The van der Waals surface area contributed by atoms with Crippen LogP contribution in [0.15, 0.2) is 23.1 Å². The number of rotatable bonds is 8. The molecule has 0 amide bonds. The van der Waals surface area contributed by atoms with Gasteiger partial charge in [0.15, 0.2) is 0 Å². The Morgan fingerprint density at radius 1 is 1.30 bits per heavy atom. The minimum atomic E-state index is -3.64. The van der Waals surface area contributed by atoms with Gasteiger partial charge in [-0.15, -0.1) is 0 Å². The van der Waals surface area contributed by atoms with E-state index >= 15 is 0 Å². The zero-order chi connectivity index (χ0) is 16.9. The molecule has 2 rings (SSSR count). The Labute approximate surface area is 137 Å². The molecule has 1 aromatic carbocycles. The number of sulfonamides is 1. The number of carbonyl (C=O) groups excluding carboxylic acids is 1. The van der Waals surface area contributed by atoms with Crippen molar-refractivity contribution in [3.63, 3.8) is 0 Å². The van der Waals surface area contributed by atoms with Crippen molar-refractivity contribution >= 4 is 21.7 Å². The van der Waals surface area contributed by atoms with E-state index in [0.717, 1.165) is 50.0 Å². The van der Waals surface area contributed by atoms with Crippen molar-refractivity contribution in [2.75, 3.05) is 24.6 Å². The highest BCUT2D eigenvalue weighted by atomic mass is 32.2. The second kappa shape index (κ2) is 7.79. The molecule has 0 aliphatic carbocycles. The first-order chi connectivity index (χ1) is 10.9. The topological polar surface area (TPSA) is 89.7 Å². The number of anilines is 1. The third-order valence-corrected chi connectivity index (χ3v) is 4.90. The zero-order valence-electron chi connectivity index (χ0n) is 13.5. The average Bonchev–Trinajstić information content (AvgIpc) is 2.89. The molecule has 0 saturated heterocycles. The molecule has 128 valence electrons. The number of hydrogen-bond acceptors (Lipinski definition) is 5. The van der Waals surface area contributed by atoms with E-state index in [2.05, 4.69) is 4.90 Å². The molecule has 0 radical (unpaired) electrons. The van der Waals surface area contributed by atoms with E-state index in [1.807, 2.05) is 13.0 Å². The lowest BCUT2D eigenvalue weighted by Gasteiger charge is -2.19. The average molecular weight is 340 g/mol. The molecule has 0 saturated carbocycles. The Morgan fingerprint density at radius 3 is 2.78 bits per heavy atom. The van der Waals surface area contributed by atoms with Crippen molar-refractivity contribution in [1.82, 2.24) is 0 Å². The van der Waals surface area contributed by atoms with Gasteiger partial charge in [0, 0.05) is 25.2 Å². The Morgan fingerprint density at radius 2 is 2.09 bits per heavy atom. The summed E-state index contributed by atoms with van der Waals surface area (Å²) in [6.45, 7) is 4.04. The van der Waals surface area contributed by atoms with Gasteiger partial charge in [-0.25, -0.2) is 13.6 Å². The summed E-state index contributed by atoms with van der Waals surface area (Å²) in [5.74, 6) is -0.130. The predicted molar refractivity (Wildman–Crippen MR) is 88.8 cm³/mol. The fraction of sp³-hybridized carbons (Fsp3) is 0.562. The molecule has 1 heterocycles. The van der Waals surface area contributed by atoms with Crippen LogP contribution in [0.25, 0.3) is 0 Å². The maximum Gasteiger partial charge on any atom is 0.305 e. The zero-order valence-corrected chi connectivity index (χ0v) is 14.3. The predicted octanol–water partition coefficient (Wildman–Crippen LogP) is 1.82. The van der Waals surface area contributed by atoms with Gasteiger partial charge in [0.25, 0.3) is 0 Å². The Bertz CT molecular complexity index is 658. The highest BCUT2D eigenvalue weighted by Gasteiger charge is 2.20. The Hall–Kier alpha value is -1.60. The van der Waals surface area contributed by atoms with Crippen molar-refractivity contribution in [2.24, 2.45) is 5.14 Å². The molecule has 0 aromatic heterocycles. The molecule has 1 aliphatic rings. The summed E-state index contributed by atoms with van der Waals surface area (Å²) in [5, 5.41) is 5.17. The number of ether oxygens (including phenoxy) is 1. The maximum atomic E-state index is 11.4. The fourth-order valence-corrected chi connectivity index (χ4v) is 3.40. The minimum absolute atomic E-state index is 0.130. The first-order valence-corrected chi connectivity index (χ1v) is 9.52. The lowest BCUT2D eigenvalue weighted by atomic mass is 10.1. The summed E-state index contributed by atoms with van der Waals surface area (Å²) in [6.07, 6.45) is 4.11. The highest BCUT2D eigenvalue weighted by molar-refractivity contribution is 7.89. The summed E-state index contributed by atoms with van der Waals surface area (Å²) in [4.78, 5) is 13.7. The van der Waals surface area contributed by atoms with Crippen LogP contribution in [0.3, 0.4) is 0 Å². The Balaban J connectivity index is 1.81. The number of unbranched alkanes of at least 4 members (excludes halogenated alkanes) is 2. The minimum Gasteiger partial charge on any atom is -0.466 e. The van der Waals surface area contributed by atoms with Gasteiger partial charge >= 0.3 is 5.97 Å². The van der Waals surface area contributed by atoms with E-state index < -0.39 is 10.0 Å². The van der Waals surface area contributed by atoms with Crippen LogP contribution in [-0.2, 0) is 26.0 Å². The summed E-state index contributed by atoms with van der Waals surface area (Å²) < 4.78 is 27.7. The van der Waals surface area contributed by atoms with Gasteiger partial charge < -0.3 is 9.64 Å². The largest absolute Gasteiger partial charge is 0.466 e. The molecule has 0 bridgehead atoms. The quantitative estimate of drug-likeness (QED) is 0.576. The van der Waals surface area contributed by atoms with Crippen LogP contribution >= 0.6 is 0 Å². The second-order valence-electron chi connectivity index (χ2n) is 5.69. The molecule has 0 spiro atoms. The van der Waals surface area contributed by atoms with Gasteiger partial charge in [-0.05, 0) is 49.9 Å². The first-order valence-electron chi connectivity index (χ1n) is 7.98. The number of primary sulfonamides is 1. The number of fused-ring (bicyclic) bond motifs is 1. The van der Waals surface area contributed by atoms with E-state index in [-0.39, 0.29) is 10.9 Å². The van der Waals surface area contributed by atoms with Crippen molar-refractivity contribution < 1.29 is 17.9 Å². The molecular weight excluding hydrogens is 316 g/mol.